The van der Waals surface area contributed by atoms with Gasteiger partial charge in [0.25, 0.3) is 0 Å². The second-order valence-corrected chi connectivity index (χ2v) is 6.04. The molecule has 1 aliphatic rings. The Morgan fingerprint density at radius 2 is 1.52 bits per heavy atom. The zero-order chi connectivity index (χ0) is 17.9. The van der Waals surface area contributed by atoms with E-state index < -0.39 is 11.6 Å². The lowest BCUT2D eigenvalue weighted by Crippen LogP contribution is -2.22. The van der Waals surface area contributed by atoms with Gasteiger partial charge in [-0.1, -0.05) is 29.8 Å². The first-order valence-corrected chi connectivity index (χ1v) is 7.70. The van der Waals surface area contributed by atoms with Crippen LogP contribution in [0.25, 0.3) is 10.8 Å². The number of rotatable bonds is 1. The Kier molecular flexibility index (Phi) is 3.09. The van der Waals surface area contributed by atoms with Gasteiger partial charge in [0, 0.05) is 16.3 Å². The number of methoxy groups -OCH3 is 1. The number of carbonyl (C=O) groups is 2. The molecule has 0 saturated carbocycles. The zero-order valence-electron chi connectivity index (χ0n) is 13.6. The fourth-order valence-electron chi connectivity index (χ4n) is 3.39. The maximum absolute atomic E-state index is 13.0. The van der Waals surface area contributed by atoms with Crippen molar-refractivity contribution in [2.45, 2.75) is 6.92 Å². The van der Waals surface area contributed by atoms with E-state index in [2.05, 4.69) is 0 Å². The summed E-state index contributed by atoms with van der Waals surface area (Å²) in [5.41, 5.74) is 0.762. The molecule has 5 heteroatoms. The number of carbonyl (C=O) groups excluding carboxylic acids is 2. The number of aryl methyl sites for hydroxylation is 1. The SMILES string of the molecule is COc1cccc2c1C(=O)c1c(c(O)c3cc(C)ccc3c1O)C2=O. The lowest BCUT2D eigenvalue weighted by molar-refractivity contribution is 0.0972. The van der Waals surface area contributed by atoms with Gasteiger partial charge in [-0.3, -0.25) is 9.59 Å². The Morgan fingerprint density at radius 3 is 2.24 bits per heavy atom. The number of phenolic OH excluding ortho intramolecular Hbond substituents is 2. The second kappa shape index (κ2) is 5.08. The van der Waals surface area contributed by atoms with Gasteiger partial charge in [0.2, 0.25) is 5.78 Å². The van der Waals surface area contributed by atoms with Crippen LogP contribution in [0, 0.1) is 6.92 Å². The van der Waals surface area contributed by atoms with Crippen molar-refractivity contribution in [3.05, 3.63) is 64.2 Å². The third-order valence-electron chi connectivity index (χ3n) is 4.58. The van der Waals surface area contributed by atoms with Crippen molar-refractivity contribution in [2.75, 3.05) is 7.11 Å². The molecule has 0 heterocycles. The van der Waals surface area contributed by atoms with Crippen LogP contribution < -0.4 is 4.74 Å². The number of hydrogen-bond donors (Lipinski definition) is 2. The third-order valence-corrected chi connectivity index (χ3v) is 4.58. The molecule has 5 nitrogen and oxygen atoms in total. The molecule has 0 bridgehead atoms. The summed E-state index contributed by atoms with van der Waals surface area (Å²) in [7, 11) is 1.41. The molecule has 0 amide bonds. The molecule has 0 fully saturated rings. The van der Waals surface area contributed by atoms with E-state index in [1.165, 1.54) is 13.2 Å². The van der Waals surface area contributed by atoms with Crippen molar-refractivity contribution in [1.82, 2.24) is 0 Å². The standard InChI is InChI=1S/C20H14O5/c1-9-6-7-10-12(8-9)19(23)15-16(17(10)21)20(24)14-11(18(15)22)4-3-5-13(14)25-2/h3-8,21,23H,1-2H3. The van der Waals surface area contributed by atoms with Crippen molar-refractivity contribution in [1.29, 1.82) is 0 Å². The van der Waals surface area contributed by atoms with Crippen LogP contribution in [0.3, 0.4) is 0 Å². The van der Waals surface area contributed by atoms with E-state index in [1.807, 2.05) is 6.92 Å². The molecule has 2 N–H and O–H groups in total. The van der Waals surface area contributed by atoms with Gasteiger partial charge in [-0.05, 0) is 19.1 Å². The summed E-state index contributed by atoms with van der Waals surface area (Å²) in [5, 5.41) is 22.0. The number of aromatic hydroxyl groups is 2. The molecule has 25 heavy (non-hydrogen) atoms. The molecular weight excluding hydrogens is 320 g/mol. The van der Waals surface area contributed by atoms with Crippen LogP contribution in [0.4, 0.5) is 0 Å². The van der Waals surface area contributed by atoms with Gasteiger partial charge in [-0.25, -0.2) is 0 Å². The third kappa shape index (κ3) is 1.89. The quantitative estimate of drug-likeness (QED) is 0.522. The molecule has 0 saturated heterocycles. The van der Waals surface area contributed by atoms with Gasteiger partial charge in [0.1, 0.15) is 17.2 Å². The molecule has 0 radical (unpaired) electrons. The Labute approximate surface area is 143 Å². The fraction of sp³-hybridized carbons (Fsp3) is 0.100. The Morgan fingerprint density at radius 1 is 0.840 bits per heavy atom. The maximum Gasteiger partial charge on any atom is 0.202 e. The minimum atomic E-state index is -0.544. The molecule has 124 valence electrons. The monoisotopic (exact) mass is 334 g/mol. The molecule has 3 aromatic carbocycles. The Balaban J connectivity index is 2.16. The highest BCUT2D eigenvalue weighted by Crippen LogP contribution is 2.45. The highest BCUT2D eigenvalue weighted by molar-refractivity contribution is 6.33. The van der Waals surface area contributed by atoms with E-state index in [0.29, 0.717) is 10.8 Å². The smallest absolute Gasteiger partial charge is 0.202 e. The lowest BCUT2D eigenvalue weighted by Gasteiger charge is -2.22. The lowest BCUT2D eigenvalue weighted by atomic mass is 9.81. The van der Waals surface area contributed by atoms with E-state index in [-0.39, 0.29) is 39.5 Å². The number of benzene rings is 3. The number of hydrogen-bond acceptors (Lipinski definition) is 5. The molecule has 3 aromatic rings. The van der Waals surface area contributed by atoms with Gasteiger partial charge in [-0.15, -0.1) is 0 Å². The molecular formula is C20H14O5. The number of fused-ring (bicyclic) bond motifs is 3. The number of ether oxygens (including phenoxy) is 1. The van der Waals surface area contributed by atoms with Crippen molar-refractivity contribution in [3.8, 4) is 17.2 Å². The Bertz CT molecular complexity index is 1100. The van der Waals surface area contributed by atoms with Crippen LogP contribution in [-0.2, 0) is 0 Å². The highest BCUT2D eigenvalue weighted by Gasteiger charge is 2.37. The summed E-state index contributed by atoms with van der Waals surface area (Å²) in [6, 6.07) is 9.75. The topological polar surface area (TPSA) is 83.8 Å². The summed E-state index contributed by atoms with van der Waals surface area (Å²) >= 11 is 0. The summed E-state index contributed by atoms with van der Waals surface area (Å²) in [6.07, 6.45) is 0. The number of phenols is 2. The minimum Gasteiger partial charge on any atom is -0.506 e. The summed E-state index contributed by atoms with van der Waals surface area (Å²) in [5.74, 6) is -1.41. The van der Waals surface area contributed by atoms with Gasteiger partial charge < -0.3 is 14.9 Å². The van der Waals surface area contributed by atoms with E-state index in [9.17, 15) is 19.8 Å². The molecule has 0 aliphatic heterocycles. The predicted octanol–water partition coefficient (Wildman–Crippen LogP) is 3.34. The van der Waals surface area contributed by atoms with Crippen molar-refractivity contribution in [3.63, 3.8) is 0 Å². The second-order valence-electron chi connectivity index (χ2n) is 6.04. The molecule has 4 rings (SSSR count). The van der Waals surface area contributed by atoms with Gasteiger partial charge in [0.15, 0.2) is 5.78 Å². The molecule has 0 unspecified atom stereocenters. The average molecular weight is 334 g/mol. The fourth-order valence-corrected chi connectivity index (χ4v) is 3.39. The first-order chi connectivity index (χ1) is 12.0. The average Bonchev–Trinajstić information content (AvgIpc) is 2.61. The Hall–Kier alpha value is -3.34. The highest BCUT2D eigenvalue weighted by atomic mass is 16.5. The molecule has 0 aromatic heterocycles. The minimum absolute atomic E-state index is 0.101. The van der Waals surface area contributed by atoms with Gasteiger partial charge >= 0.3 is 0 Å². The van der Waals surface area contributed by atoms with Crippen LogP contribution >= 0.6 is 0 Å². The van der Waals surface area contributed by atoms with Gasteiger partial charge in [-0.2, -0.15) is 0 Å². The van der Waals surface area contributed by atoms with Crippen molar-refractivity contribution >= 4 is 22.3 Å². The summed E-state index contributed by atoms with van der Waals surface area (Å²) < 4.78 is 5.20. The van der Waals surface area contributed by atoms with Crippen molar-refractivity contribution < 1.29 is 24.5 Å². The summed E-state index contributed by atoms with van der Waals surface area (Å²) in [4.78, 5) is 26.0. The van der Waals surface area contributed by atoms with Gasteiger partial charge in [0.05, 0.1) is 23.8 Å². The van der Waals surface area contributed by atoms with Crippen molar-refractivity contribution in [2.24, 2.45) is 0 Å². The van der Waals surface area contributed by atoms with Crippen LogP contribution in [-0.4, -0.2) is 28.9 Å². The van der Waals surface area contributed by atoms with E-state index in [4.69, 9.17) is 4.74 Å². The van der Waals surface area contributed by atoms with Crippen LogP contribution in [0.15, 0.2) is 36.4 Å². The van der Waals surface area contributed by atoms with E-state index in [0.717, 1.165) is 5.56 Å². The number of ketones is 2. The van der Waals surface area contributed by atoms with Crippen LogP contribution in [0.1, 0.15) is 37.4 Å². The summed E-state index contributed by atoms with van der Waals surface area (Å²) in [6.45, 7) is 1.84. The predicted molar refractivity (Wildman–Crippen MR) is 91.9 cm³/mol. The van der Waals surface area contributed by atoms with E-state index >= 15 is 0 Å². The largest absolute Gasteiger partial charge is 0.506 e. The zero-order valence-corrected chi connectivity index (χ0v) is 13.6. The molecule has 1 aliphatic carbocycles. The van der Waals surface area contributed by atoms with Crippen LogP contribution in [0.5, 0.6) is 17.2 Å². The molecule has 0 atom stereocenters. The first kappa shape index (κ1) is 15.2. The van der Waals surface area contributed by atoms with E-state index in [1.54, 1.807) is 30.3 Å². The molecule has 0 spiro atoms. The maximum atomic E-state index is 13.0. The normalized spacial score (nSPS) is 12.9. The van der Waals surface area contributed by atoms with Crippen LogP contribution in [0.2, 0.25) is 0 Å². The first-order valence-electron chi connectivity index (χ1n) is 7.70.